The lowest BCUT2D eigenvalue weighted by molar-refractivity contribution is 0.0698. The highest BCUT2D eigenvalue weighted by Crippen LogP contribution is 2.28. The lowest BCUT2D eigenvalue weighted by Crippen LogP contribution is -2.24. The van der Waals surface area contributed by atoms with Gasteiger partial charge in [0.25, 0.3) is 0 Å². The zero-order chi connectivity index (χ0) is 15.9. The molecule has 0 aliphatic carbocycles. The highest BCUT2D eigenvalue weighted by molar-refractivity contribution is 6.00. The fourth-order valence-corrected chi connectivity index (χ4v) is 2.53. The third kappa shape index (κ3) is 3.58. The van der Waals surface area contributed by atoms with E-state index in [1.54, 1.807) is 0 Å². The van der Waals surface area contributed by atoms with Crippen molar-refractivity contribution in [2.24, 2.45) is 0 Å². The molecule has 2 aromatic rings. The van der Waals surface area contributed by atoms with Gasteiger partial charge in [0.1, 0.15) is 5.56 Å². The summed E-state index contributed by atoms with van der Waals surface area (Å²) in [7, 11) is 0. The first-order valence-corrected chi connectivity index (χ1v) is 7.56. The number of carboxylic acid groups (broad SMARTS) is 1. The van der Waals surface area contributed by atoms with Gasteiger partial charge in [-0.25, -0.2) is 4.79 Å². The molecule has 0 saturated heterocycles. The number of rotatable bonds is 7. The molecule has 2 rings (SSSR count). The third-order valence-corrected chi connectivity index (χ3v) is 3.69. The molecule has 0 aliphatic heterocycles. The monoisotopic (exact) mass is 298 g/mol. The van der Waals surface area contributed by atoms with E-state index in [-0.39, 0.29) is 0 Å². The topological polar surface area (TPSA) is 52.6 Å². The van der Waals surface area contributed by atoms with E-state index < -0.39 is 5.97 Å². The van der Waals surface area contributed by atoms with Crippen LogP contribution in [0.25, 0.3) is 0 Å². The summed E-state index contributed by atoms with van der Waals surface area (Å²) in [6.45, 7) is 6.21. The highest BCUT2D eigenvalue weighted by Gasteiger charge is 2.18. The van der Waals surface area contributed by atoms with E-state index in [1.165, 1.54) is 0 Å². The predicted molar refractivity (Wildman–Crippen MR) is 90.7 cm³/mol. The number of nitrogens with zero attached hydrogens (tertiary/aromatic N) is 1. The predicted octanol–water partition coefficient (Wildman–Crippen LogP) is 3.84. The van der Waals surface area contributed by atoms with E-state index in [0.29, 0.717) is 17.8 Å². The number of nitrogens with one attached hydrogen (secondary N) is 1. The minimum absolute atomic E-state index is 0.335. The molecule has 22 heavy (non-hydrogen) atoms. The van der Waals surface area contributed by atoms with Crippen LogP contribution in [0.3, 0.4) is 0 Å². The van der Waals surface area contributed by atoms with E-state index in [4.69, 9.17) is 0 Å². The maximum atomic E-state index is 11.7. The van der Waals surface area contributed by atoms with Crippen molar-refractivity contribution in [1.29, 1.82) is 0 Å². The van der Waals surface area contributed by atoms with Crippen LogP contribution in [-0.4, -0.2) is 24.2 Å². The Bertz CT molecular complexity index is 622. The number of aromatic carboxylic acids is 1. The number of hydrogen-bond donors (Lipinski definition) is 2. The number of carboxylic acids is 1. The fourth-order valence-electron chi connectivity index (χ4n) is 2.53. The molecule has 0 amide bonds. The van der Waals surface area contributed by atoms with E-state index in [2.05, 4.69) is 10.2 Å². The standard InChI is InChI=1S/C18H22N2O2/c1-3-20(4-2)16-12-8-11-15(17(16)18(21)22)19-13-14-9-6-5-7-10-14/h5-12,19H,3-4,13H2,1-2H3,(H,21,22). The Morgan fingerprint density at radius 2 is 1.73 bits per heavy atom. The summed E-state index contributed by atoms with van der Waals surface area (Å²) in [4.78, 5) is 13.8. The van der Waals surface area contributed by atoms with E-state index in [0.717, 1.165) is 24.3 Å². The van der Waals surface area contributed by atoms with Crippen LogP contribution in [0.5, 0.6) is 0 Å². The molecule has 0 atom stereocenters. The van der Waals surface area contributed by atoms with E-state index in [1.807, 2.05) is 62.4 Å². The zero-order valence-corrected chi connectivity index (χ0v) is 13.0. The van der Waals surface area contributed by atoms with Crippen LogP contribution in [0, 0.1) is 0 Å². The zero-order valence-electron chi connectivity index (χ0n) is 13.0. The summed E-state index contributed by atoms with van der Waals surface area (Å²) in [5, 5.41) is 12.9. The van der Waals surface area contributed by atoms with Crippen LogP contribution in [0.2, 0.25) is 0 Å². The van der Waals surface area contributed by atoms with Gasteiger partial charge >= 0.3 is 5.97 Å². The molecule has 0 unspecified atom stereocenters. The summed E-state index contributed by atoms with van der Waals surface area (Å²) in [5.74, 6) is -0.905. The maximum absolute atomic E-state index is 11.7. The van der Waals surface area contributed by atoms with E-state index in [9.17, 15) is 9.90 Å². The summed E-state index contributed by atoms with van der Waals surface area (Å²) >= 11 is 0. The lowest BCUT2D eigenvalue weighted by Gasteiger charge is -2.24. The van der Waals surface area contributed by atoms with Crippen molar-refractivity contribution < 1.29 is 9.90 Å². The molecule has 116 valence electrons. The van der Waals surface area contributed by atoms with Gasteiger partial charge in [-0.05, 0) is 31.5 Å². The second kappa shape index (κ2) is 7.50. The Morgan fingerprint density at radius 1 is 1.05 bits per heavy atom. The Morgan fingerprint density at radius 3 is 2.32 bits per heavy atom. The molecule has 0 fully saturated rings. The molecular weight excluding hydrogens is 276 g/mol. The molecular formula is C18H22N2O2. The summed E-state index contributed by atoms with van der Waals surface area (Å²) in [5.41, 5.74) is 2.87. The van der Waals surface area contributed by atoms with Gasteiger partial charge in [0.2, 0.25) is 0 Å². The minimum atomic E-state index is -0.905. The van der Waals surface area contributed by atoms with Crippen molar-refractivity contribution in [2.45, 2.75) is 20.4 Å². The van der Waals surface area contributed by atoms with Gasteiger partial charge in [0, 0.05) is 19.6 Å². The Hall–Kier alpha value is -2.49. The van der Waals surface area contributed by atoms with Gasteiger partial charge in [0.15, 0.2) is 0 Å². The van der Waals surface area contributed by atoms with Gasteiger partial charge in [-0.1, -0.05) is 36.4 Å². The van der Waals surface area contributed by atoms with Crippen LogP contribution >= 0.6 is 0 Å². The first-order chi connectivity index (χ1) is 10.7. The first kappa shape index (κ1) is 15.9. The largest absolute Gasteiger partial charge is 0.478 e. The number of carbonyl (C=O) groups is 1. The fraction of sp³-hybridized carbons (Fsp3) is 0.278. The van der Waals surface area contributed by atoms with Gasteiger partial charge in [0.05, 0.1) is 11.4 Å². The van der Waals surface area contributed by atoms with Crippen molar-refractivity contribution in [3.8, 4) is 0 Å². The first-order valence-electron chi connectivity index (χ1n) is 7.56. The number of benzene rings is 2. The van der Waals surface area contributed by atoms with Gasteiger partial charge in [-0.15, -0.1) is 0 Å². The number of anilines is 2. The molecule has 4 heteroatoms. The van der Waals surface area contributed by atoms with Crippen LogP contribution in [-0.2, 0) is 6.54 Å². The molecule has 2 N–H and O–H groups in total. The van der Waals surface area contributed by atoms with E-state index >= 15 is 0 Å². The quantitative estimate of drug-likeness (QED) is 0.815. The average Bonchev–Trinajstić information content (AvgIpc) is 2.55. The Labute approximate surface area is 131 Å². The van der Waals surface area contributed by atoms with Gasteiger partial charge in [-0.3, -0.25) is 0 Å². The van der Waals surface area contributed by atoms with Crippen LogP contribution in [0.15, 0.2) is 48.5 Å². The second-order valence-corrected chi connectivity index (χ2v) is 5.02. The van der Waals surface area contributed by atoms with Gasteiger partial charge in [-0.2, -0.15) is 0 Å². The second-order valence-electron chi connectivity index (χ2n) is 5.02. The van der Waals surface area contributed by atoms with Crippen molar-refractivity contribution >= 4 is 17.3 Å². The Balaban J connectivity index is 2.30. The molecule has 0 spiro atoms. The molecule has 2 aromatic carbocycles. The van der Waals surface area contributed by atoms with Crippen molar-refractivity contribution in [3.63, 3.8) is 0 Å². The molecule has 0 radical (unpaired) electrons. The summed E-state index contributed by atoms with van der Waals surface area (Å²) < 4.78 is 0. The minimum Gasteiger partial charge on any atom is -0.478 e. The maximum Gasteiger partial charge on any atom is 0.339 e. The number of hydrogen-bond acceptors (Lipinski definition) is 3. The van der Waals surface area contributed by atoms with Crippen LogP contribution in [0.4, 0.5) is 11.4 Å². The average molecular weight is 298 g/mol. The highest BCUT2D eigenvalue weighted by atomic mass is 16.4. The molecule has 0 heterocycles. The molecule has 0 aliphatic rings. The van der Waals surface area contributed by atoms with Crippen molar-refractivity contribution in [1.82, 2.24) is 0 Å². The van der Waals surface area contributed by atoms with Crippen LogP contribution < -0.4 is 10.2 Å². The lowest BCUT2D eigenvalue weighted by atomic mass is 10.1. The SMILES string of the molecule is CCN(CC)c1cccc(NCc2ccccc2)c1C(=O)O. The normalized spacial score (nSPS) is 10.3. The van der Waals surface area contributed by atoms with Crippen molar-refractivity contribution in [3.05, 3.63) is 59.7 Å². The summed E-state index contributed by atoms with van der Waals surface area (Å²) in [6.07, 6.45) is 0. The third-order valence-electron chi connectivity index (χ3n) is 3.69. The van der Waals surface area contributed by atoms with Crippen LogP contribution in [0.1, 0.15) is 29.8 Å². The molecule has 0 saturated carbocycles. The van der Waals surface area contributed by atoms with Crippen molar-refractivity contribution in [2.75, 3.05) is 23.3 Å². The van der Waals surface area contributed by atoms with Gasteiger partial charge < -0.3 is 15.3 Å². The molecule has 0 bridgehead atoms. The molecule has 4 nitrogen and oxygen atoms in total. The smallest absolute Gasteiger partial charge is 0.339 e. The Kier molecular flexibility index (Phi) is 5.42. The molecule has 0 aromatic heterocycles. The summed E-state index contributed by atoms with van der Waals surface area (Å²) in [6, 6.07) is 15.5.